The van der Waals surface area contributed by atoms with E-state index in [2.05, 4.69) is 24.3 Å². The lowest BCUT2D eigenvalue weighted by Gasteiger charge is -2.25. The van der Waals surface area contributed by atoms with Gasteiger partial charge in [-0.05, 0) is 38.7 Å². The zero-order valence-corrected chi connectivity index (χ0v) is 15.5. The molecular formula is C17H29N3O4. The molecule has 0 bridgehead atoms. The SMILES string of the molecule is COCC(C)(NC(=O)CCc1c(C)nn(CC(C)C)c1C)C(=O)O. The maximum Gasteiger partial charge on any atom is 0.331 e. The van der Waals surface area contributed by atoms with E-state index < -0.39 is 11.5 Å². The number of carbonyl (C=O) groups is 2. The first kappa shape index (κ1) is 20.2. The number of ether oxygens (including phenoxy) is 1. The minimum absolute atomic E-state index is 0.0849. The number of aryl methyl sites for hydroxylation is 1. The number of hydrogen-bond acceptors (Lipinski definition) is 4. The first-order chi connectivity index (χ1) is 11.1. The minimum atomic E-state index is -1.42. The van der Waals surface area contributed by atoms with Gasteiger partial charge >= 0.3 is 5.97 Å². The standard InChI is InChI=1S/C17H29N3O4/c1-11(2)9-20-13(4)14(12(3)19-20)7-8-15(21)18-17(5,10-24-6)16(22)23/h11H,7-10H2,1-6H3,(H,18,21)(H,22,23). The van der Waals surface area contributed by atoms with Gasteiger partial charge in [-0.3, -0.25) is 9.48 Å². The Morgan fingerprint density at radius 1 is 1.38 bits per heavy atom. The Labute approximate surface area is 143 Å². The van der Waals surface area contributed by atoms with E-state index in [4.69, 9.17) is 4.74 Å². The van der Waals surface area contributed by atoms with Gasteiger partial charge in [0.25, 0.3) is 0 Å². The first-order valence-electron chi connectivity index (χ1n) is 8.17. The number of rotatable bonds is 9. The van der Waals surface area contributed by atoms with Gasteiger partial charge in [0.1, 0.15) is 0 Å². The molecule has 0 aliphatic heterocycles. The lowest BCUT2D eigenvalue weighted by molar-refractivity contribution is -0.149. The number of methoxy groups -OCH3 is 1. The van der Waals surface area contributed by atoms with E-state index in [9.17, 15) is 14.7 Å². The Hall–Kier alpha value is -1.89. The fraction of sp³-hybridized carbons (Fsp3) is 0.706. The van der Waals surface area contributed by atoms with Crippen molar-refractivity contribution in [2.75, 3.05) is 13.7 Å². The lowest BCUT2D eigenvalue weighted by atomic mass is 10.0. The van der Waals surface area contributed by atoms with Crippen molar-refractivity contribution in [3.8, 4) is 0 Å². The molecule has 7 heteroatoms. The van der Waals surface area contributed by atoms with E-state index in [-0.39, 0.29) is 18.9 Å². The molecule has 7 nitrogen and oxygen atoms in total. The summed E-state index contributed by atoms with van der Waals surface area (Å²) in [6.45, 7) is 10.4. The van der Waals surface area contributed by atoms with E-state index >= 15 is 0 Å². The van der Waals surface area contributed by atoms with Crippen LogP contribution in [0.4, 0.5) is 0 Å². The highest BCUT2D eigenvalue weighted by molar-refractivity contribution is 5.86. The van der Waals surface area contributed by atoms with Gasteiger partial charge in [0.05, 0.1) is 12.3 Å². The molecule has 0 spiro atoms. The predicted molar refractivity (Wildman–Crippen MR) is 90.9 cm³/mol. The smallest absolute Gasteiger partial charge is 0.331 e. The molecule has 1 aromatic heterocycles. The van der Waals surface area contributed by atoms with E-state index in [1.807, 2.05) is 18.5 Å². The highest BCUT2D eigenvalue weighted by atomic mass is 16.5. The van der Waals surface area contributed by atoms with Crippen LogP contribution in [-0.2, 0) is 27.3 Å². The van der Waals surface area contributed by atoms with Crippen LogP contribution < -0.4 is 5.32 Å². The van der Waals surface area contributed by atoms with Crippen LogP contribution in [0.3, 0.4) is 0 Å². The van der Waals surface area contributed by atoms with Gasteiger partial charge < -0.3 is 15.2 Å². The zero-order chi connectivity index (χ0) is 18.5. The van der Waals surface area contributed by atoms with Crippen LogP contribution >= 0.6 is 0 Å². The molecule has 1 atom stereocenters. The van der Waals surface area contributed by atoms with Crippen molar-refractivity contribution in [3.63, 3.8) is 0 Å². The number of aliphatic carboxylic acids is 1. The van der Waals surface area contributed by atoms with Crippen molar-refractivity contribution in [2.45, 2.75) is 59.5 Å². The van der Waals surface area contributed by atoms with Gasteiger partial charge in [0.15, 0.2) is 5.54 Å². The van der Waals surface area contributed by atoms with E-state index in [0.717, 1.165) is 23.5 Å². The number of aromatic nitrogens is 2. The second-order valence-electron chi connectivity index (χ2n) is 6.84. The molecular weight excluding hydrogens is 310 g/mol. The molecule has 1 rings (SSSR count). The summed E-state index contributed by atoms with van der Waals surface area (Å²) in [5, 5.41) is 16.3. The molecule has 136 valence electrons. The molecule has 1 amide bonds. The molecule has 24 heavy (non-hydrogen) atoms. The number of carbonyl (C=O) groups excluding carboxylic acids is 1. The van der Waals surface area contributed by atoms with Crippen molar-refractivity contribution in [3.05, 3.63) is 17.0 Å². The Balaban J connectivity index is 2.74. The van der Waals surface area contributed by atoms with Crippen LogP contribution in [0.2, 0.25) is 0 Å². The lowest BCUT2D eigenvalue weighted by Crippen LogP contribution is -2.55. The van der Waals surface area contributed by atoms with Crippen molar-refractivity contribution < 1.29 is 19.4 Å². The van der Waals surface area contributed by atoms with Crippen molar-refractivity contribution in [1.29, 1.82) is 0 Å². The third-order valence-corrected chi connectivity index (χ3v) is 3.99. The molecule has 1 heterocycles. The highest BCUT2D eigenvalue weighted by Gasteiger charge is 2.34. The first-order valence-corrected chi connectivity index (χ1v) is 8.17. The van der Waals surface area contributed by atoms with E-state index in [0.29, 0.717) is 12.3 Å². The average Bonchev–Trinajstić information content (AvgIpc) is 2.70. The molecule has 1 unspecified atom stereocenters. The Bertz CT molecular complexity index is 595. The largest absolute Gasteiger partial charge is 0.479 e. The van der Waals surface area contributed by atoms with Crippen LogP contribution in [0.1, 0.15) is 44.1 Å². The number of hydrogen-bond donors (Lipinski definition) is 2. The number of nitrogens with one attached hydrogen (secondary N) is 1. The van der Waals surface area contributed by atoms with E-state index in [1.165, 1.54) is 14.0 Å². The topological polar surface area (TPSA) is 93.5 Å². The van der Waals surface area contributed by atoms with Gasteiger partial charge in [-0.2, -0.15) is 5.10 Å². The molecule has 0 radical (unpaired) electrons. The van der Waals surface area contributed by atoms with Crippen molar-refractivity contribution >= 4 is 11.9 Å². The third kappa shape index (κ3) is 5.06. The monoisotopic (exact) mass is 339 g/mol. The molecule has 0 saturated heterocycles. The van der Waals surface area contributed by atoms with Crippen LogP contribution in [0, 0.1) is 19.8 Å². The molecule has 0 aliphatic rings. The summed E-state index contributed by atoms with van der Waals surface area (Å²) in [4.78, 5) is 23.5. The molecule has 1 aromatic rings. The fourth-order valence-electron chi connectivity index (χ4n) is 2.67. The zero-order valence-electron chi connectivity index (χ0n) is 15.5. The number of amides is 1. The van der Waals surface area contributed by atoms with Crippen molar-refractivity contribution in [2.24, 2.45) is 5.92 Å². The van der Waals surface area contributed by atoms with E-state index in [1.54, 1.807) is 0 Å². The Morgan fingerprint density at radius 2 is 2.00 bits per heavy atom. The second-order valence-corrected chi connectivity index (χ2v) is 6.84. The maximum absolute atomic E-state index is 12.2. The average molecular weight is 339 g/mol. The summed E-state index contributed by atoms with van der Waals surface area (Å²) < 4.78 is 6.87. The van der Waals surface area contributed by atoms with Crippen LogP contribution in [0.25, 0.3) is 0 Å². The molecule has 0 aromatic carbocycles. The van der Waals surface area contributed by atoms with Gasteiger partial charge in [0.2, 0.25) is 5.91 Å². The van der Waals surface area contributed by atoms with Gasteiger partial charge in [-0.25, -0.2) is 4.79 Å². The Morgan fingerprint density at radius 3 is 2.50 bits per heavy atom. The quantitative estimate of drug-likeness (QED) is 0.714. The summed E-state index contributed by atoms with van der Waals surface area (Å²) in [5.74, 6) is -0.938. The van der Waals surface area contributed by atoms with Gasteiger partial charge in [-0.1, -0.05) is 13.8 Å². The molecule has 0 aliphatic carbocycles. The fourth-order valence-corrected chi connectivity index (χ4v) is 2.67. The molecule has 0 fully saturated rings. The summed E-state index contributed by atoms with van der Waals surface area (Å²) in [6, 6.07) is 0. The summed E-state index contributed by atoms with van der Waals surface area (Å²) in [7, 11) is 1.41. The number of nitrogens with zero attached hydrogens (tertiary/aromatic N) is 2. The minimum Gasteiger partial charge on any atom is -0.479 e. The van der Waals surface area contributed by atoms with Crippen molar-refractivity contribution in [1.82, 2.24) is 15.1 Å². The third-order valence-electron chi connectivity index (χ3n) is 3.99. The summed E-state index contributed by atoms with van der Waals surface area (Å²) in [5.41, 5.74) is 1.61. The summed E-state index contributed by atoms with van der Waals surface area (Å²) >= 11 is 0. The van der Waals surface area contributed by atoms with Gasteiger partial charge in [0, 0.05) is 25.8 Å². The maximum atomic E-state index is 12.2. The van der Waals surface area contributed by atoms with Crippen LogP contribution in [0.15, 0.2) is 0 Å². The Kier molecular flexibility index (Phi) is 6.95. The van der Waals surface area contributed by atoms with Crippen LogP contribution in [0.5, 0.6) is 0 Å². The number of carboxylic acid groups (broad SMARTS) is 1. The van der Waals surface area contributed by atoms with Crippen LogP contribution in [-0.4, -0.2) is 46.0 Å². The second kappa shape index (κ2) is 8.28. The molecule has 2 N–H and O–H groups in total. The number of carboxylic acids is 1. The summed E-state index contributed by atoms with van der Waals surface area (Å²) in [6.07, 6.45) is 0.742. The highest BCUT2D eigenvalue weighted by Crippen LogP contribution is 2.17. The van der Waals surface area contributed by atoms with Gasteiger partial charge in [-0.15, -0.1) is 0 Å². The predicted octanol–water partition coefficient (Wildman–Crippen LogP) is 1.69. The normalized spacial score (nSPS) is 13.8. The molecule has 0 saturated carbocycles.